The molecular weight excluding hydrogens is 270 g/mol. The van der Waals surface area contributed by atoms with E-state index < -0.39 is 12.0 Å². The maximum Gasteiger partial charge on any atom is 0.305 e. The zero-order valence-electron chi connectivity index (χ0n) is 11.8. The van der Waals surface area contributed by atoms with Crippen molar-refractivity contribution in [1.82, 2.24) is 10.2 Å². The Balaban J connectivity index is 2.18. The van der Waals surface area contributed by atoms with Crippen molar-refractivity contribution in [1.29, 1.82) is 5.26 Å². The number of piperazine rings is 1. The van der Waals surface area contributed by atoms with E-state index in [1.54, 1.807) is 12.1 Å². The molecule has 0 aromatic heterocycles. The highest BCUT2D eigenvalue weighted by Gasteiger charge is 2.31. The highest BCUT2D eigenvalue weighted by Crippen LogP contribution is 2.17. The minimum absolute atomic E-state index is 0.207. The van der Waals surface area contributed by atoms with Crippen molar-refractivity contribution >= 4 is 11.9 Å². The molecule has 1 heterocycles. The highest BCUT2D eigenvalue weighted by molar-refractivity contribution is 5.86. The lowest BCUT2D eigenvalue weighted by molar-refractivity contribution is -0.143. The number of hydrogen-bond acceptors (Lipinski definition) is 4. The molecule has 0 radical (unpaired) electrons. The standard InChI is InChI=1S/C15H17N3O3/c1-10-6-11(8-16)2-3-12(10)9-18-5-4-17-15(21)13(18)7-14(19)20/h2-3,6,13H,4-5,7,9H2,1H3,(H,17,21)(H,19,20). The number of carbonyl (C=O) groups is 2. The second-order valence-corrected chi connectivity index (χ2v) is 5.13. The van der Waals surface area contributed by atoms with Crippen LogP contribution in [0.5, 0.6) is 0 Å². The number of nitrogens with one attached hydrogen (secondary N) is 1. The Morgan fingerprint density at radius 1 is 1.57 bits per heavy atom. The minimum Gasteiger partial charge on any atom is -0.481 e. The highest BCUT2D eigenvalue weighted by atomic mass is 16.4. The van der Waals surface area contributed by atoms with Crippen LogP contribution in [-0.4, -0.2) is 41.0 Å². The summed E-state index contributed by atoms with van der Waals surface area (Å²) in [7, 11) is 0. The molecule has 1 fully saturated rings. The molecule has 2 rings (SSSR count). The molecule has 0 saturated carbocycles. The number of nitriles is 1. The quantitative estimate of drug-likeness (QED) is 0.847. The fraction of sp³-hybridized carbons (Fsp3) is 0.400. The molecule has 1 unspecified atom stereocenters. The van der Waals surface area contributed by atoms with Crippen LogP contribution in [0.25, 0.3) is 0 Å². The summed E-state index contributed by atoms with van der Waals surface area (Å²) in [4.78, 5) is 24.7. The second-order valence-electron chi connectivity index (χ2n) is 5.13. The molecule has 1 aromatic carbocycles. The lowest BCUT2D eigenvalue weighted by Crippen LogP contribution is -2.55. The Labute approximate surface area is 123 Å². The molecule has 1 atom stereocenters. The fourth-order valence-corrected chi connectivity index (χ4v) is 2.50. The lowest BCUT2D eigenvalue weighted by atomic mass is 10.0. The number of carboxylic acids is 1. The van der Waals surface area contributed by atoms with Crippen LogP contribution >= 0.6 is 0 Å². The predicted molar refractivity (Wildman–Crippen MR) is 75.4 cm³/mol. The van der Waals surface area contributed by atoms with E-state index in [2.05, 4.69) is 11.4 Å². The summed E-state index contributed by atoms with van der Waals surface area (Å²) in [6, 6.07) is 6.83. The van der Waals surface area contributed by atoms with Crippen molar-refractivity contribution < 1.29 is 14.7 Å². The largest absolute Gasteiger partial charge is 0.481 e. The Hall–Kier alpha value is -2.39. The van der Waals surface area contributed by atoms with E-state index >= 15 is 0 Å². The van der Waals surface area contributed by atoms with Gasteiger partial charge in [-0.15, -0.1) is 0 Å². The van der Waals surface area contributed by atoms with E-state index in [0.717, 1.165) is 11.1 Å². The maximum absolute atomic E-state index is 11.9. The smallest absolute Gasteiger partial charge is 0.305 e. The van der Waals surface area contributed by atoms with Gasteiger partial charge in [-0.3, -0.25) is 14.5 Å². The van der Waals surface area contributed by atoms with Crippen molar-refractivity contribution in [2.24, 2.45) is 0 Å². The Kier molecular flexibility index (Phi) is 4.55. The summed E-state index contributed by atoms with van der Waals surface area (Å²) in [5, 5.41) is 20.5. The summed E-state index contributed by atoms with van der Waals surface area (Å²) in [6.07, 6.45) is -0.207. The number of nitrogens with zero attached hydrogens (tertiary/aromatic N) is 2. The van der Waals surface area contributed by atoms with Gasteiger partial charge in [0.2, 0.25) is 5.91 Å². The van der Waals surface area contributed by atoms with Crippen LogP contribution in [0, 0.1) is 18.3 Å². The summed E-state index contributed by atoms with van der Waals surface area (Å²) < 4.78 is 0. The molecule has 21 heavy (non-hydrogen) atoms. The number of benzene rings is 1. The third kappa shape index (κ3) is 3.58. The SMILES string of the molecule is Cc1cc(C#N)ccc1CN1CCNC(=O)C1CC(=O)O. The molecule has 2 N–H and O–H groups in total. The topological polar surface area (TPSA) is 93.4 Å². The van der Waals surface area contributed by atoms with E-state index in [1.807, 2.05) is 17.9 Å². The van der Waals surface area contributed by atoms with Gasteiger partial charge in [0.25, 0.3) is 0 Å². The van der Waals surface area contributed by atoms with Gasteiger partial charge in [-0.1, -0.05) is 6.07 Å². The van der Waals surface area contributed by atoms with Gasteiger partial charge in [0, 0.05) is 19.6 Å². The number of amides is 1. The van der Waals surface area contributed by atoms with E-state index in [9.17, 15) is 9.59 Å². The minimum atomic E-state index is -0.987. The Morgan fingerprint density at radius 2 is 2.33 bits per heavy atom. The number of rotatable bonds is 4. The molecule has 0 spiro atoms. The van der Waals surface area contributed by atoms with Gasteiger partial charge in [0.1, 0.15) is 6.04 Å². The van der Waals surface area contributed by atoms with Crippen LogP contribution in [0.1, 0.15) is 23.1 Å². The van der Waals surface area contributed by atoms with Crippen molar-refractivity contribution in [3.63, 3.8) is 0 Å². The summed E-state index contributed by atoms with van der Waals surface area (Å²) >= 11 is 0. The first-order chi connectivity index (χ1) is 10.0. The summed E-state index contributed by atoms with van der Waals surface area (Å²) in [5.41, 5.74) is 2.56. The molecule has 0 aliphatic carbocycles. The first kappa shape index (κ1) is 15.0. The van der Waals surface area contributed by atoms with Gasteiger partial charge in [-0.2, -0.15) is 5.26 Å². The zero-order chi connectivity index (χ0) is 15.4. The molecule has 110 valence electrons. The molecule has 1 amide bonds. The first-order valence-electron chi connectivity index (χ1n) is 6.74. The molecule has 6 heteroatoms. The van der Waals surface area contributed by atoms with Gasteiger partial charge in [-0.05, 0) is 30.2 Å². The van der Waals surface area contributed by atoms with Crippen molar-refractivity contribution in [2.45, 2.75) is 25.9 Å². The van der Waals surface area contributed by atoms with Crippen molar-refractivity contribution in [3.05, 3.63) is 34.9 Å². The number of hydrogen-bond donors (Lipinski definition) is 2. The average molecular weight is 287 g/mol. The summed E-state index contributed by atoms with van der Waals surface area (Å²) in [6.45, 7) is 3.54. The van der Waals surface area contributed by atoms with Gasteiger partial charge >= 0.3 is 5.97 Å². The summed E-state index contributed by atoms with van der Waals surface area (Å²) in [5.74, 6) is -1.23. The van der Waals surface area contributed by atoms with Gasteiger partial charge in [0.05, 0.1) is 18.1 Å². The molecular formula is C15H17N3O3. The number of carboxylic acid groups (broad SMARTS) is 1. The molecule has 1 aliphatic rings. The number of carbonyl (C=O) groups excluding carboxylic acids is 1. The lowest BCUT2D eigenvalue weighted by Gasteiger charge is -2.34. The fourth-order valence-electron chi connectivity index (χ4n) is 2.50. The molecule has 0 bridgehead atoms. The number of aryl methyl sites for hydroxylation is 1. The van der Waals surface area contributed by atoms with Gasteiger partial charge in [-0.25, -0.2) is 0 Å². The van der Waals surface area contributed by atoms with Crippen LogP contribution in [0.2, 0.25) is 0 Å². The van der Waals surface area contributed by atoms with Gasteiger partial charge in [0.15, 0.2) is 0 Å². The predicted octanol–water partition coefficient (Wildman–Crippen LogP) is 0.642. The molecule has 6 nitrogen and oxygen atoms in total. The third-order valence-electron chi connectivity index (χ3n) is 3.65. The molecule has 1 saturated heterocycles. The monoisotopic (exact) mass is 287 g/mol. The van der Waals surface area contributed by atoms with Crippen molar-refractivity contribution in [2.75, 3.05) is 13.1 Å². The number of aliphatic carboxylic acids is 1. The van der Waals surface area contributed by atoms with Crippen LogP contribution in [-0.2, 0) is 16.1 Å². The Bertz CT molecular complexity index is 607. The van der Waals surface area contributed by atoms with E-state index in [-0.39, 0.29) is 12.3 Å². The zero-order valence-corrected chi connectivity index (χ0v) is 11.8. The van der Waals surface area contributed by atoms with Crippen LogP contribution in [0.3, 0.4) is 0 Å². The van der Waals surface area contributed by atoms with Gasteiger partial charge < -0.3 is 10.4 Å². The molecule has 1 aromatic rings. The van der Waals surface area contributed by atoms with Crippen LogP contribution in [0.15, 0.2) is 18.2 Å². The van der Waals surface area contributed by atoms with Crippen LogP contribution in [0.4, 0.5) is 0 Å². The average Bonchev–Trinajstić information content (AvgIpc) is 2.44. The van der Waals surface area contributed by atoms with Crippen molar-refractivity contribution in [3.8, 4) is 6.07 Å². The third-order valence-corrected chi connectivity index (χ3v) is 3.65. The van der Waals surface area contributed by atoms with E-state index in [4.69, 9.17) is 10.4 Å². The second kappa shape index (κ2) is 6.37. The van der Waals surface area contributed by atoms with E-state index in [1.165, 1.54) is 0 Å². The van der Waals surface area contributed by atoms with Crippen LogP contribution < -0.4 is 5.32 Å². The molecule has 1 aliphatic heterocycles. The normalized spacial score (nSPS) is 18.9. The first-order valence-corrected chi connectivity index (χ1v) is 6.74. The van der Waals surface area contributed by atoms with E-state index in [0.29, 0.717) is 25.2 Å². The maximum atomic E-state index is 11.9. The Morgan fingerprint density at radius 3 is 2.95 bits per heavy atom.